The molecule has 12 heteroatoms. The van der Waals surface area contributed by atoms with Gasteiger partial charge in [-0.1, -0.05) is 30.3 Å². The van der Waals surface area contributed by atoms with E-state index in [1.54, 1.807) is 24.6 Å². The number of rotatable bonds is 11. The lowest BCUT2D eigenvalue weighted by molar-refractivity contribution is -0.162. The predicted molar refractivity (Wildman–Crippen MR) is 158 cm³/mol. The Bertz CT molecular complexity index is 1500. The minimum absolute atomic E-state index is 0.0805. The lowest BCUT2D eigenvalue weighted by Crippen LogP contribution is -2.53. The first kappa shape index (κ1) is 32.7. The largest absolute Gasteiger partial charge is 0.453 e. The number of aromatic nitrogens is 2. The first-order valence-corrected chi connectivity index (χ1v) is 14.4. The molecule has 1 fully saturated rings. The molecule has 2 amide bonds. The van der Waals surface area contributed by atoms with Crippen LogP contribution in [0.15, 0.2) is 54.7 Å². The number of nitrogens with zero attached hydrogens (tertiary/aromatic N) is 3. The van der Waals surface area contributed by atoms with Crippen LogP contribution in [0, 0.1) is 23.0 Å². The van der Waals surface area contributed by atoms with Crippen LogP contribution in [0.25, 0.3) is 11.3 Å². The van der Waals surface area contributed by atoms with Crippen molar-refractivity contribution in [2.24, 2.45) is 11.3 Å². The second-order valence-electron chi connectivity index (χ2n) is 11.6. The van der Waals surface area contributed by atoms with E-state index in [0.29, 0.717) is 0 Å². The Morgan fingerprint density at radius 2 is 1.86 bits per heavy atom. The van der Waals surface area contributed by atoms with E-state index in [1.165, 1.54) is 25.8 Å². The van der Waals surface area contributed by atoms with Gasteiger partial charge in [0.2, 0.25) is 5.91 Å². The fourth-order valence-electron chi connectivity index (χ4n) is 5.67. The molecule has 0 spiro atoms. The topological polar surface area (TPSA) is 106 Å². The summed E-state index contributed by atoms with van der Waals surface area (Å²) in [6, 6.07) is 11.1. The van der Waals surface area contributed by atoms with E-state index in [1.807, 2.05) is 30.3 Å². The average molecular weight is 614 g/mol. The highest BCUT2D eigenvalue weighted by molar-refractivity contribution is 5.86. The van der Waals surface area contributed by atoms with Crippen LogP contribution in [0.4, 0.5) is 13.2 Å². The van der Waals surface area contributed by atoms with Crippen LogP contribution >= 0.6 is 0 Å². The zero-order valence-corrected chi connectivity index (χ0v) is 25.4. The van der Waals surface area contributed by atoms with Crippen LogP contribution in [0.3, 0.4) is 0 Å². The minimum Gasteiger partial charge on any atom is -0.453 e. The molecular weight excluding hydrogens is 575 g/mol. The molecule has 1 aromatic heterocycles. The Hall–Kier alpha value is -4.19. The summed E-state index contributed by atoms with van der Waals surface area (Å²) in [4.78, 5) is 45.5. The fourth-order valence-corrected chi connectivity index (χ4v) is 5.67. The van der Waals surface area contributed by atoms with Crippen LogP contribution < -0.4 is 10.6 Å². The van der Waals surface area contributed by atoms with Gasteiger partial charge in [0.15, 0.2) is 6.10 Å². The summed E-state index contributed by atoms with van der Waals surface area (Å²) >= 11 is 0. The van der Waals surface area contributed by atoms with Crippen molar-refractivity contribution in [1.29, 1.82) is 0 Å². The molecule has 1 saturated heterocycles. The first-order chi connectivity index (χ1) is 20.8. The summed E-state index contributed by atoms with van der Waals surface area (Å²) in [7, 11) is 1.46. The average Bonchev–Trinajstić information content (AvgIpc) is 3.58. The molecule has 3 aromatic rings. The van der Waals surface area contributed by atoms with Gasteiger partial charge < -0.3 is 24.8 Å². The second kappa shape index (κ2) is 13.6. The maximum atomic E-state index is 15.0. The van der Waals surface area contributed by atoms with Crippen molar-refractivity contribution >= 4 is 17.8 Å². The number of ether oxygens (including phenoxy) is 1. The van der Waals surface area contributed by atoms with Crippen molar-refractivity contribution in [3.05, 3.63) is 77.8 Å². The molecule has 0 aliphatic carbocycles. The van der Waals surface area contributed by atoms with Gasteiger partial charge >= 0.3 is 5.97 Å². The van der Waals surface area contributed by atoms with Crippen LogP contribution in [0.5, 0.6) is 0 Å². The summed E-state index contributed by atoms with van der Waals surface area (Å²) in [6.07, 6.45) is -1.000. The number of amides is 2. The second-order valence-corrected chi connectivity index (χ2v) is 11.6. The van der Waals surface area contributed by atoms with E-state index in [0.717, 1.165) is 23.8 Å². The minimum atomic E-state index is -1.39. The zero-order chi connectivity index (χ0) is 32.2. The molecule has 2 aromatic carbocycles. The molecule has 0 saturated carbocycles. The zero-order valence-electron chi connectivity index (χ0n) is 25.4. The van der Waals surface area contributed by atoms with Crippen LogP contribution in [-0.4, -0.2) is 71.2 Å². The third-order valence-electron chi connectivity index (χ3n) is 7.92. The van der Waals surface area contributed by atoms with E-state index in [-0.39, 0.29) is 43.3 Å². The van der Waals surface area contributed by atoms with Gasteiger partial charge in [0.25, 0.3) is 5.91 Å². The van der Waals surface area contributed by atoms with Gasteiger partial charge in [-0.15, -0.1) is 0 Å². The third-order valence-corrected chi connectivity index (χ3v) is 7.92. The normalized spacial score (nSPS) is 18.0. The molecule has 236 valence electrons. The number of hydrogen-bond donors (Lipinski definition) is 2. The van der Waals surface area contributed by atoms with Crippen LogP contribution in [0.2, 0.25) is 0 Å². The number of imidazole rings is 1. The van der Waals surface area contributed by atoms with Gasteiger partial charge in [0.05, 0.1) is 11.1 Å². The maximum Gasteiger partial charge on any atom is 0.303 e. The van der Waals surface area contributed by atoms with Crippen molar-refractivity contribution in [2.75, 3.05) is 26.7 Å². The molecule has 44 heavy (non-hydrogen) atoms. The highest BCUT2D eigenvalue weighted by Gasteiger charge is 2.48. The maximum absolute atomic E-state index is 15.0. The Morgan fingerprint density at radius 3 is 2.48 bits per heavy atom. The van der Waals surface area contributed by atoms with Crippen molar-refractivity contribution in [3.63, 3.8) is 0 Å². The quantitative estimate of drug-likeness (QED) is 0.317. The Balaban J connectivity index is 1.97. The number of carbonyl (C=O) groups is 3. The van der Waals surface area contributed by atoms with E-state index >= 15 is 8.78 Å². The van der Waals surface area contributed by atoms with Crippen molar-refractivity contribution in [3.8, 4) is 11.3 Å². The van der Waals surface area contributed by atoms with Gasteiger partial charge in [-0.3, -0.25) is 14.4 Å². The number of benzene rings is 2. The molecule has 0 radical (unpaired) electrons. The summed E-state index contributed by atoms with van der Waals surface area (Å²) in [6.45, 7) is 6.27. The molecule has 1 aliphatic rings. The van der Waals surface area contributed by atoms with Crippen molar-refractivity contribution < 1.29 is 32.3 Å². The smallest absolute Gasteiger partial charge is 0.303 e. The van der Waals surface area contributed by atoms with E-state index in [9.17, 15) is 18.8 Å². The van der Waals surface area contributed by atoms with Gasteiger partial charge in [-0.25, -0.2) is 18.2 Å². The first-order valence-electron chi connectivity index (χ1n) is 14.4. The molecular formula is C32H38F3N5O4. The Morgan fingerprint density at radius 1 is 1.16 bits per heavy atom. The highest BCUT2D eigenvalue weighted by atomic mass is 19.1. The standard InChI is InChI=1S/C32H38F3N5O4/c1-19(44-20(2)41)30(42)40(17-22-14-37-15-26(22)35)28(32(3,4)31(43)36-5)29-38-27(24-13-23(33)11-12-25(24)34)18-39(29)16-21-9-7-6-8-10-21/h6-13,18-19,22,26,28,37H,14-17H2,1-5H3,(H,36,43)/t19-,22-,26-,28-/m0/s1. The highest BCUT2D eigenvalue weighted by Crippen LogP contribution is 2.41. The van der Waals surface area contributed by atoms with Crippen molar-refractivity contribution in [2.45, 2.75) is 52.6 Å². The van der Waals surface area contributed by atoms with Gasteiger partial charge in [-0.05, 0) is 44.5 Å². The third kappa shape index (κ3) is 7.12. The molecule has 0 bridgehead atoms. The Kier molecular flexibility index (Phi) is 10.1. The fraction of sp³-hybridized carbons (Fsp3) is 0.438. The molecule has 2 heterocycles. The summed E-state index contributed by atoms with van der Waals surface area (Å²) in [5.74, 6) is -3.62. The number of esters is 1. The molecule has 1 aliphatic heterocycles. The molecule has 0 unspecified atom stereocenters. The van der Waals surface area contributed by atoms with Gasteiger partial charge in [0.1, 0.15) is 29.7 Å². The van der Waals surface area contributed by atoms with E-state index < -0.39 is 59.1 Å². The lowest BCUT2D eigenvalue weighted by Gasteiger charge is -2.42. The molecule has 4 atom stereocenters. The van der Waals surface area contributed by atoms with Gasteiger partial charge in [-0.2, -0.15) is 0 Å². The number of alkyl halides is 1. The van der Waals surface area contributed by atoms with Gasteiger partial charge in [0, 0.05) is 57.8 Å². The SMILES string of the molecule is CNC(=O)C(C)(C)[C@H](c1nc(-c2cc(F)ccc2F)cn1Cc1ccccc1)N(C[C@@H]1CNC[C@@H]1F)C(=O)[C@H](C)OC(C)=O. The molecule has 2 N–H and O–H groups in total. The van der Waals surface area contributed by atoms with E-state index in [4.69, 9.17) is 9.72 Å². The Labute approximate surface area is 254 Å². The summed E-state index contributed by atoms with van der Waals surface area (Å²) in [5.41, 5.74) is -0.583. The van der Waals surface area contributed by atoms with Crippen LogP contribution in [-0.2, 0) is 25.7 Å². The number of halogens is 3. The predicted octanol–water partition coefficient (Wildman–Crippen LogP) is 4.03. The summed E-state index contributed by atoms with van der Waals surface area (Å²) in [5, 5.41) is 5.63. The lowest BCUT2D eigenvalue weighted by atomic mass is 9.80. The van der Waals surface area contributed by atoms with Crippen LogP contribution in [0.1, 0.15) is 45.1 Å². The number of nitrogens with one attached hydrogen (secondary N) is 2. The monoisotopic (exact) mass is 613 g/mol. The summed E-state index contributed by atoms with van der Waals surface area (Å²) < 4.78 is 51.3. The number of carbonyl (C=O) groups excluding carboxylic acids is 3. The van der Waals surface area contributed by atoms with Crippen molar-refractivity contribution in [1.82, 2.24) is 25.1 Å². The molecule has 4 rings (SSSR count). The molecule has 9 nitrogen and oxygen atoms in total. The number of hydrogen-bond acceptors (Lipinski definition) is 6. The van der Waals surface area contributed by atoms with E-state index in [2.05, 4.69) is 10.6 Å².